The van der Waals surface area contributed by atoms with Crippen LogP contribution in [0.25, 0.3) is 0 Å². The minimum absolute atomic E-state index is 0.282. The van der Waals surface area contributed by atoms with Crippen LogP contribution in [0.1, 0.15) is 0 Å². The zero-order valence-electron chi connectivity index (χ0n) is 5.04. The summed E-state index contributed by atoms with van der Waals surface area (Å²) in [6.07, 6.45) is -0.191. The van der Waals surface area contributed by atoms with Crippen LogP contribution in [0.4, 0.5) is 4.39 Å². The number of carbonyl (C=O) groups is 1. The topological polar surface area (TPSA) is 35.5 Å². The molecule has 2 aliphatic heterocycles. The number of Topliss-reactive ketones (excluding diaryl/α,β-unsaturated/α-hetero) is 1. The van der Waals surface area contributed by atoms with E-state index in [4.69, 9.17) is 9.47 Å². The fourth-order valence-electron chi connectivity index (χ4n) is 1.00. The van der Waals surface area contributed by atoms with Gasteiger partial charge in [0.1, 0.15) is 6.10 Å². The van der Waals surface area contributed by atoms with Crippen molar-refractivity contribution in [2.24, 2.45) is 0 Å². The van der Waals surface area contributed by atoms with Gasteiger partial charge in [-0.25, -0.2) is 4.39 Å². The number of halogens is 1. The molecule has 1 saturated heterocycles. The number of carbonyl (C=O) groups excluding carboxylic acids is 1. The average Bonchev–Trinajstić information content (AvgIpc) is 2.29. The van der Waals surface area contributed by atoms with E-state index in [1.807, 2.05) is 0 Å². The molecule has 3 nitrogen and oxygen atoms in total. The van der Waals surface area contributed by atoms with E-state index in [1.54, 1.807) is 0 Å². The molecule has 54 valence electrons. The predicted molar refractivity (Wildman–Crippen MR) is 28.8 cm³/mol. The smallest absolute Gasteiger partial charge is 0.246 e. The maximum absolute atomic E-state index is 12.5. The first-order valence-electron chi connectivity index (χ1n) is 2.96. The highest BCUT2D eigenvalue weighted by Crippen LogP contribution is 2.23. The van der Waals surface area contributed by atoms with E-state index >= 15 is 0 Å². The van der Waals surface area contributed by atoms with Crippen LogP contribution in [0.2, 0.25) is 0 Å². The molecule has 2 aliphatic rings. The molecule has 0 aromatic heterocycles. The van der Waals surface area contributed by atoms with Crippen LogP contribution >= 0.6 is 0 Å². The molecule has 0 aromatic carbocycles. The molecule has 0 spiro atoms. The minimum Gasteiger partial charge on any atom is -0.343 e. The lowest BCUT2D eigenvalue weighted by Gasteiger charge is -2.11. The lowest BCUT2D eigenvalue weighted by Crippen LogP contribution is -2.26. The Bertz CT molecular complexity index is 211. The number of ketones is 1. The van der Waals surface area contributed by atoms with Crippen LogP contribution in [0.15, 0.2) is 11.9 Å². The van der Waals surface area contributed by atoms with Gasteiger partial charge in [0.05, 0.1) is 6.61 Å². The zero-order valence-corrected chi connectivity index (χ0v) is 5.04. The SMILES string of the molecule is O=C1C(F)=C[C@H]2CO[C@@H]1O2. The second-order valence-corrected chi connectivity index (χ2v) is 2.22. The number of fused-ring (bicyclic) bond motifs is 2. The molecule has 2 atom stereocenters. The van der Waals surface area contributed by atoms with Gasteiger partial charge < -0.3 is 9.47 Å². The van der Waals surface area contributed by atoms with E-state index in [2.05, 4.69) is 0 Å². The van der Waals surface area contributed by atoms with Gasteiger partial charge in [0.2, 0.25) is 12.1 Å². The zero-order chi connectivity index (χ0) is 7.14. The van der Waals surface area contributed by atoms with E-state index < -0.39 is 17.9 Å². The van der Waals surface area contributed by atoms with Crippen molar-refractivity contribution in [3.05, 3.63) is 11.9 Å². The molecule has 2 rings (SSSR count). The third-order valence-corrected chi connectivity index (χ3v) is 1.49. The molecule has 1 fully saturated rings. The Kier molecular flexibility index (Phi) is 1.12. The summed E-state index contributed by atoms with van der Waals surface area (Å²) < 4.78 is 22.2. The minimum atomic E-state index is -0.977. The standard InChI is InChI=1S/C6H5FO3/c7-4-1-3-2-9-6(10-3)5(4)8/h1,3,6H,2H2/t3-,6+/m0/s1. The number of hydrogen-bond acceptors (Lipinski definition) is 3. The van der Waals surface area contributed by atoms with Crippen LogP contribution in [-0.2, 0) is 14.3 Å². The maximum atomic E-state index is 12.5. The maximum Gasteiger partial charge on any atom is 0.246 e. The van der Waals surface area contributed by atoms with Gasteiger partial charge in [-0.3, -0.25) is 4.79 Å². The van der Waals surface area contributed by atoms with Crippen LogP contribution in [0.3, 0.4) is 0 Å². The summed E-state index contributed by atoms with van der Waals surface area (Å²) in [5, 5.41) is 0. The van der Waals surface area contributed by atoms with E-state index in [0.717, 1.165) is 6.08 Å². The summed E-state index contributed by atoms with van der Waals surface area (Å²) in [5.41, 5.74) is 0. The summed E-state index contributed by atoms with van der Waals surface area (Å²) in [5.74, 6) is -1.44. The first-order valence-corrected chi connectivity index (χ1v) is 2.96. The number of ether oxygens (including phenoxy) is 2. The fourth-order valence-corrected chi connectivity index (χ4v) is 1.00. The van der Waals surface area contributed by atoms with E-state index in [9.17, 15) is 9.18 Å². The Hall–Kier alpha value is -0.740. The molecular weight excluding hydrogens is 139 g/mol. The van der Waals surface area contributed by atoms with E-state index in [1.165, 1.54) is 0 Å². The summed E-state index contributed by atoms with van der Waals surface area (Å²) in [6.45, 7) is 0.282. The number of hydrogen-bond donors (Lipinski definition) is 0. The average molecular weight is 144 g/mol. The highest BCUT2D eigenvalue weighted by Gasteiger charge is 2.37. The van der Waals surface area contributed by atoms with Crippen molar-refractivity contribution >= 4 is 5.78 Å². The van der Waals surface area contributed by atoms with Gasteiger partial charge in [-0.05, 0) is 6.08 Å². The van der Waals surface area contributed by atoms with Crippen molar-refractivity contribution in [1.29, 1.82) is 0 Å². The Labute approximate surface area is 56.4 Å². The van der Waals surface area contributed by atoms with Crippen molar-refractivity contribution in [1.82, 2.24) is 0 Å². The summed E-state index contributed by atoms with van der Waals surface area (Å²) >= 11 is 0. The predicted octanol–water partition coefficient (Wildman–Crippen LogP) is 0.164. The van der Waals surface area contributed by atoms with Crippen LogP contribution < -0.4 is 0 Å². The molecule has 0 aromatic rings. The fraction of sp³-hybridized carbons (Fsp3) is 0.500. The summed E-state index contributed by atoms with van der Waals surface area (Å²) in [7, 11) is 0. The molecule has 0 aliphatic carbocycles. The Morgan fingerprint density at radius 1 is 1.70 bits per heavy atom. The van der Waals surface area contributed by atoms with Crippen molar-refractivity contribution in [3.63, 3.8) is 0 Å². The van der Waals surface area contributed by atoms with Gasteiger partial charge in [-0.2, -0.15) is 0 Å². The third kappa shape index (κ3) is 0.693. The largest absolute Gasteiger partial charge is 0.343 e. The van der Waals surface area contributed by atoms with Crippen LogP contribution in [0.5, 0.6) is 0 Å². The summed E-state index contributed by atoms with van der Waals surface area (Å²) in [6, 6.07) is 0. The molecule has 10 heavy (non-hydrogen) atoms. The number of rotatable bonds is 0. The van der Waals surface area contributed by atoms with Gasteiger partial charge in [-0.15, -0.1) is 0 Å². The van der Waals surface area contributed by atoms with Gasteiger partial charge >= 0.3 is 0 Å². The monoisotopic (exact) mass is 144 g/mol. The first kappa shape index (κ1) is 6.00. The molecule has 0 radical (unpaired) electrons. The molecule has 0 saturated carbocycles. The van der Waals surface area contributed by atoms with Gasteiger partial charge in [0, 0.05) is 0 Å². The van der Waals surface area contributed by atoms with Crippen molar-refractivity contribution in [3.8, 4) is 0 Å². The molecule has 0 N–H and O–H groups in total. The normalized spacial score (nSPS) is 38.1. The lowest BCUT2D eigenvalue weighted by atomic mass is 10.2. The lowest BCUT2D eigenvalue weighted by molar-refractivity contribution is -0.144. The summed E-state index contributed by atoms with van der Waals surface area (Å²) in [4.78, 5) is 10.7. The van der Waals surface area contributed by atoms with Crippen LogP contribution in [0, 0.1) is 0 Å². The second kappa shape index (κ2) is 1.87. The molecule has 2 bridgehead atoms. The van der Waals surface area contributed by atoms with Crippen LogP contribution in [-0.4, -0.2) is 24.8 Å². The van der Waals surface area contributed by atoms with Gasteiger partial charge in [0.25, 0.3) is 0 Å². The highest BCUT2D eigenvalue weighted by atomic mass is 19.1. The van der Waals surface area contributed by atoms with E-state index in [-0.39, 0.29) is 12.7 Å². The van der Waals surface area contributed by atoms with E-state index in [0.29, 0.717) is 0 Å². The second-order valence-electron chi connectivity index (χ2n) is 2.22. The molecular formula is C6H5FO3. The Morgan fingerprint density at radius 2 is 2.50 bits per heavy atom. The van der Waals surface area contributed by atoms with Gasteiger partial charge in [0.15, 0.2) is 5.83 Å². The molecule has 0 unspecified atom stereocenters. The van der Waals surface area contributed by atoms with Crippen molar-refractivity contribution in [2.45, 2.75) is 12.4 Å². The highest BCUT2D eigenvalue weighted by molar-refractivity contribution is 5.96. The first-order chi connectivity index (χ1) is 4.77. The molecule has 0 amide bonds. The third-order valence-electron chi connectivity index (χ3n) is 1.49. The quantitative estimate of drug-likeness (QED) is 0.486. The molecule has 2 heterocycles. The van der Waals surface area contributed by atoms with Crippen molar-refractivity contribution < 1.29 is 18.7 Å². The Morgan fingerprint density at radius 3 is 3.30 bits per heavy atom. The molecule has 4 heteroatoms. The van der Waals surface area contributed by atoms with Gasteiger partial charge in [-0.1, -0.05) is 0 Å². The van der Waals surface area contributed by atoms with Crippen molar-refractivity contribution in [2.75, 3.05) is 6.61 Å². The Balaban J connectivity index is 2.33.